The number of anilines is 2. The first-order valence-electron chi connectivity index (χ1n) is 17.6. The molecule has 0 atom stereocenters. The molecule has 8 rings (SSSR count). The Morgan fingerprint density at radius 1 is 0.695 bits per heavy atom. The number of rotatable bonds is 8. The number of benzene rings is 1. The topological polar surface area (TPSA) is 243 Å². The van der Waals surface area contributed by atoms with E-state index in [1.165, 1.54) is 68.4 Å². The van der Waals surface area contributed by atoms with Gasteiger partial charge in [0.15, 0.2) is 0 Å². The minimum Gasteiger partial charge on any atom is -0.468 e. The van der Waals surface area contributed by atoms with Crippen LogP contribution in [0.15, 0.2) is 59.4 Å². The van der Waals surface area contributed by atoms with Crippen molar-refractivity contribution in [1.29, 1.82) is 0 Å². The normalized spacial score (nSPS) is 10.9. The third kappa shape index (κ3) is 8.67. The molecule has 0 saturated carbocycles. The number of hydrogen-bond acceptors (Lipinski definition) is 20. The number of methoxy groups -OCH3 is 3. The van der Waals surface area contributed by atoms with E-state index in [0.717, 1.165) is 67.3 Å². The van der Waals surface area contributed by atoms with Gasteiger partial charge in [0.2, 0.25) is 0 Å². The number of fused-ring (bicyclic) bond motifs is 5. The Kier molecular flexibility index (Phi) is 13.4. The van der Waals surface area contributed by atoms with Gasteiger partial charge >= 0.3 is 17.9 Å². The van der Waals surface area contributed by atoms with E-state index >= 15 is 0 Å². The molecule has 7 heterocycles. The average molecular weight is 873 g/mol. The maximum atomic E-state index is 12.9. The van der Waals surface area contributed by atoms with Gasteiger partial charge in [-0.25, -0.2) is 44.5 Å². The summed E-state index contributed by atoms with van der Waals surface area (Å²) in [5.41, 5.74) is 17.0. The van der Waals surface area contributed by atoms with E-state index in [1.807, 2.05) is 45.0 Å². The third-order valence-electron chi connectivity index (χ3n) is 8.63. The fraction of sp³-hybridized carbons (Fsp3) is 0.237. The monoisotopic (exact) mass is 872 g/mol. The smallest absolute Gasteiger partial charge is 0.350 e. The first kappa shape index (κ1) is 42.4. The van der Waals surface area contributed by atoms with Crippen molar-refractivity contribution in [3.63, 3.8) is 0 Å². The Hall–Kier alpha value is -6.16. The molecule has 7 aromatic heterocycles. The summed E-state index contributed by atoms with van der Waals surface area (Å²) in [5, 5.41) is 2.77. The average Bonchev–Trinajstić information content (AvgIpc) is 3.94. The molecule has 8 aromatic rings. The Labute approximate surface area is 351 Å². The number of esters is 3. The fourth-order valence-corrected chi connectivity index (χ4v) is 9.62. The molecule has 17 nitrogen and oxygen atoms in total. The summed E-state index contributed by atoms with van der Waals surface area (Å²) in [4.78, 5) is 79.5. The van der Waals surface area contributed by atoms with Crippen LogP contribution in [-0.4, -0.2) is 84.4 Å². The van der Waals surface area contributed by atoms with Gasteiger partial charge in [-0.15, -0.1) is 34.0 Å². The Balaban J connectivity index is 0.000000151. The van der Waals surface area contributed by atoms with Gasteiger partial charge in [0, 0.05) is 0 Å². The molecule has 1 aromatic carbocycles. The first-order chi connectivity index (χ1) is 28.4. The van der Waals surface area contributed by atoms with Crippen molar-refractivity contribution < 1.29 is 28.6 Å². The standard InChI is InChI=1S/C17H14N4OS.C11H11N3O4S2.C10H11N3O2S/c1-3-12-13-14-15(23-16(13)19-8-18-12)17(22)21(9-20-14)11-6-4-10(2)5-7-11;1-17-5(15)3-19-9-6-7(12)8(11(16)18-2)20-10(6)14-4-13-9;1-3-5-6-7(11)8(10(14)15-2)16-9(6)13-4-12-5/h4-9H,3H2,1-2H3;4H,3,12H2,1-2H3;4H,3,11H2,1-2H3. The zero-order chi connectivity index (χ0) is 42.4. The summed E-state index contributed by atoms with van der Waals surface area (Å²) < 4.78 is 16.1. The van der Waals surface area contributed by atoms with E-state index in [4.69, 9.17) is 11.5 Å². The molecule has 304 valence electrons. The van der Waals surface area contributed by atoms with Crippen LogP contribution in [0.25, 0.3) is 46.6 Å². The zero-order valence-corrected chi connectivity index (χ0v) is 35.7. The highest BCUT2D eigenvalue weighted by Gasteiger charge is 2.22. The molecule has 21 heteroatoms. The molecule has 0 unspecified atom stereocenters. The van der Waals surface area contributed by atoms with Crippen LogP contribution >= 0.6 is 45.8 Å². The van der Waals surface area contributed by atoms with Gasteiger partial charge in [0.05, 0.1) is 77.2 Å². The van der Waals surface area contributed by atoms with Crippen molar-refractivity contribution in [1.82, 2.24) is 39.5 Å². The molecule has 4 N–H and O–H groups in total. The quantitative estimate of drug-likeness (QED) is 0.0746. The highest BCUT2D eigenvalue weighted by Crippen LogP contribution is 2.38. The van der Waals surface area contributed by atoms with Gasteiger partial charge in [-0.1, -0.05) is 43.3 Å². The number of hydrogen-bond donors (Lipinski definition) is 2. The molecule has 0 amide bonds. The van der Waals surface area contributed by atoms with Crippen molar-refractivity contribution in [2.45, 2.75) is 38.6 Å². The predicted octanol–water partition coefficient (Wildman–Crippen LogP) is 6.21. The van der Waals surface area contributed by atoms with E-state index < -0.39 is 11.9 Å². The lowest BCUT2D eigenvalue weighted by atomic mass is 10.2. The van der Waals surface area contributed by atoms with E-state index in [2.05, 4.69) is 49.1 Å². The summed E-state index contributed by atoms with van der Waals surface area (Å²) in [5.74, 6) is -1.22. The van der Waals surface area contributed by atoms with Crippen LogP contribution in [0.4, 0.5) is 11.4 Å². The van der Waals surface area contributed by atoms with Crippen LogP contribution in [0.3, 0.4) is 0 Å². The number of thiophene rings is 3. The molecule has 0 spiro atoms. The molecular weight excluding hydrogens is 837 g/mol. The SMILES string of the molecule is CCc1ncnc2sc(C(=O)OC)c(N)c12.CCc1ncnc2sc3c(=O)n(-c4ccc(C)cc4)cnc3c12.COC(=O)CSc1ncnc2sc(C(=O)OC)c(N)c12. The molecule has 0 aliphatic carbocycles. The van der Waals surface area contributed by atoms with Gasteiger partial charge in [-0.2, -0.15) is 0 Å². The van der Waals surface area contributed by atoms with Crippen LogP contribution in [0.2, 0.25) is 0 Å². The van der Waals surface area contributed by atoms with Gasteiger partial charge in [0.25, 0.3) is 5.56 Å². The highest BCUT2D eigenvalue weighted by atomic mass is 32.2. The number of nitrogen functional groups attached to an aromatic ring is 2. The Morgan fingerprint density at radius 2 is 1.22 bits per heavy atom. The number of thioether (sulfide) groups is 1. The van der Waals surface area contributed by atoms with Gasteiger partial charge in [0.1, 0.15) is 59.3 Å². The molecule has 0 fully saturated rings. The number of aryl methyl sites for hydroxylation is 3. The molecule has 0 saturated heterocycles. The minimum absolute atomic E-state index is 0.0658. The second-order valence-electron chi connectivity index (χ2n) is 12.1. The van der Waals surface area contributed by atoms with Crippen LogP contribution in [-0.2, 0) is 31.8 Å². The molecule has 0 aliphatic heterocycles. The molecular formula is C38H36N10O7S4. The number of carbonyl (C=O) groups is 3. The lowest BCUT2D eigenvalue weighted by Crippen LogP contribution is -2.17. The summed E-state index contributed by atoms with van der Waals surface area (Å²) >= 11 is 4.93. The summed E-state index contributed by atoms with van der Waals surface area (Å²) in [6.45, 7) is 6.04. The van der Waals surface area contributed by atoms with Crippen molar-refractivity contribution >= 4 is 116 Å². The minimum atomic E-state index is -0.519. The van der Waals surface area contributed by atoms with E-state index in [-0.39, 0.29) is 27.8 Å². The Morgan fingerprint density at radius 3 is 1.78 bits per heavy atom. The summed E-state index contributed by atoms with van der Waals surface area (Å²) in [6, 6.07) is 7.82. The van der Waals surface area contributed by atoms with Crippen LogP contribution < -0.4 is 17.0 Å². The first-order valence-corrected chi connectivity index (χ1v) is 21.0. The lowest BCUT2D eigenvalue weighted by molar-refractivity contribution is -0.137. The fourth-order valence-electron chi connectivity index (χ4n) is 5.68. The van der Waals surface area contributed by atoms with Crippen molar-refractivity contribution in [3.8, 4) is 5.69 Å². The number of aromatic nitrogens is 8. The second kappa shape index (κ2) is 18.6. The lowest BCUT2D eigenvalue weighted by Gasteiger charge is -2.05. The van der Waals surface area contributed by atoms with Crippen molar-refractivity contribution in [3.05, 3.63) is 86.6 Å². The van der Waals surface area contributed by atoms with Crippen LogP contribution in [0.5, 0.6) is 0 Å². The predicted molar refractivity (Wildman–Crippen MR) is 231 cm³/mol. The van der Waals surface area contributed by atoms with E-state index in [1.54, 1.807) is 17.2 Å². The molecule has 59 heavy (non-hydrogen) atoms. The molecule has 0 bridgehead atoms. The number of nitrogens with two attached hydrogens (primary N) is 2. The molecule has 0 radical (unpaired) electrons. The summed E-state index contributed by atoms with van der Waals surface area (Å²) in [7, 11) is 3.93. The second-order valence-corrected chi connectivity index (χ2v) is 16.1. The Bertz CT molecular complexity index is 2910. The van der Waals surface area contributed by atoms with Crippen molar-refractivity contribution in [2.24, 2.45) is 0 Å². The van der Waals surface area contributed by atoms with Crippen LogP contribution in [0.1, 0.15) is 50.1 Å². The third-order valence-corrected chi connectivity index (χ3v) is 12.9. The van der Waals surface area contributed by atoms with E-state index in [9.17, 15) is 19.2 Å². The van der Waals surface area contributed by atoms with E-state index in [0.29, 0.717) is 36.0 Å². The maximum Gasteiger partial charge on any atom is 0.350 e. The number of carbonyl (C=O) groups excluding carboxylic acids is 3. The van der Waals surface area contributed by atoms with Gasteiger partial charge in [-0.05, 0) is 31.9 Å². The van der Waals surface area contributed by atoms with Gasteiger partial charge in [-0.3, -0.25) is 14.2 Å². The van der Waals surface area contributed by atoms with Crippen LogP contribution in [0, 0.1) is 6.92 Å². The largest absolute Gasteiger partial charge is 0.468 e. The maximum absolute atomic E-state index is 12.9. The van der Waals surface area contributed by atoms with Gasteiger partial charge < -0.3 is 25.7 Å². The highest BCUT2D eigenvalue weighted by molar-refractivity contribution is 8.00. The molecule has 0 aliphatic rings. The van der Waals surface area contributed by atoms with Crippen molar-refractivity contribution in [2.75, 3.05) is 38.5 Å². The number of ether oxygens (including phenoxy) is 3. The summed E-state index contributed by atoms with van der Waals surface area (Å²) in [6.07, 6.45) is 7.52. The number of nitrogens with zero attached hydrogens (tertiary/aromatic N) is 8. The zero-order valence-electron chi connectivity index (χ0n) is 32.5.